The van der Waals surface area contributed by atoms with E-state index in [4.69, 9.17) is 16.3 Å². The van der Waals surface area contributed by atoms with Gasteiger partial charge >= 0.3 is 0 Å². The quantitative estimate of drug-likeness (QED) is 0.724. The molecule has 0 aliphatic rings. The zero-order chi connectivity index (χ0) is 21.1. The Morgan fingerprint density at radius 3 is 2.54 bits per heavy atom. The Kier molecular flexibility index (Phi) is 7.12. The third kappa shape index (κ3) is 6.19. The van der Waals surface area contributed by atoms with Crippen molar-refractivity contribution in [1.29, 1.82) is 0 Å². The van der Waals surface area contributed by atoms with Crippen LogP contribution < -0.4 is 9.41 Å². The van der Waals surface area contributed by atoms with Crippen LogP contribution in [-0.2, 0) is 12.0 Å². The van der Waals surface area contributed by atoms with Gasteiger partial charge in [0, 0.05) is 22.3 Å². The number of amides is 1. The molecule has 1 N–H and O–H groups in total. The summed E-state index contributed by atoms with van der Waals surface area (Å²) in [4.78, 5) is 17.2. The second-order valence-electron chi connectivity index (χ2n) is 8.47. The highest BCUT2D eigenvalue weighted by atomic mass is 35.5. The van der Waals surface area contributed by atoms with Crippen LogP contribution in [0.2, 0.25) is 5.02 Å². The van der Waals surface area contributed by atoms with Crippen molar-refractivity contribution < 1.29 is 14.6 Å². The summed E-state index contributed by atoms with van der Waals surface area (Å²) in [6, 6.07) is 4.92. The summed E-state index contributed by atoms with van der Waals surface area (Å²) in [5.74, 6) is 0.0629. The van der Waals surface area contributed by atoms with Gasteiger partial charge in [-0.1, -0.05) is 11.6 Å². The van der Waals surface area contributed by atoms with Crippen molar-refractivity contribution in [3.63, 3.8) is 0 Å². The van der Waals surface area contributed by atoms with E-state index in [9.17, 15) is 9.90 Å². The predicted octanol–water partition coefficient (Wildman–Crippen LogP) is 4.80. The fourth-order valence-corrected chi connectivity index (χ4v) is 3.89. The van der Waals surface area contributed by atoms with E-state index in [2.05, 4.69) is 35.9 Å². The molecule has 0 fully saturated rings. The summed E-state index contributed by atoms with van der Waals surface area (Å²) in [6.07, 6.45) is 4.27. The molecule has 0 aliphatic heterocycles. The molecule has 0 saturated heterocycles. The zero-order valence-corrected chi connectivity index (χ0v) is 18.9. The molecule has 0 atom stereocenters. The molecule has 154 valence electrons. The number of ether oxygens (including phenoxy) is 1. The summed E-state index contributed by atoms with van der Waals surface area (Å²) < 4.78 is 8.07. The number of aryl methyl sites for hydroxylation is 1. The molecule has 0 saturated carbocycles. The highest BCUT2D eigenvalue weighted by Gasteiger charge is 2.19. The van der Waals surface area contributed by atoms with Crippen LogP contribution in [0.25, 0.3) is 0 Å². The molecule has 0 unspecified atom stereocenters. The van der Waals surface area contributed by atoms with Gasteiger partial charge in [-0.15, -0.1) is 0 Å². The maximum absolute atomic E-state index is 12.8. The lowest BCUT2D eigenvalue weighted by Gasteiger charge is -2.19. The number of aliphatic hydroxyl groups is 1. The van der Waals surface area contributed by atoms with Crippen LogP contribution in [0, 0.1) is 0 Å². The first-order chi connectivity index (χ1) is 12.9. The van der Waals surface area contributed by atoms with Gasteiger partial charge in [-0.05, 0) is 83.6 Å². The van der Waals surface area contributed by atoms with Crippen LogP contribution >= 0.6 is 23.1 Å². The Morgan fingerprint density at radius 2 is 1.96 bits per heavy atom. The molecule has 0 radical (unpaired) electrons. The Bertz CT molecular complexity index is 902. The van der Waals surface area contributed by atoms with Crippen molar-refractivity contribution in [2.45, 2.75) is 65.0 Å². The van der Waals surface area contributed by atoms with Crippen LogP contribution in [0.5, 0.6) is 5.75 Å². The molecule has 2 rings (SSSR count). The van der Waals surface area contributed by atoms with Gasteiger partial charge in [0.1, 0.15) is 10.4 Å². The van der Waals surface area contributed by atoms with E-state index in [0.29, 0.717) is 27.4 Å². The molecule has 1 aromatic heterocycles. The van der Waals surface area contributed by atoms with Crippen LogP contribution in [-0.4, -0.2) is 27.7 Å². The number of rotatable bonds is 6. The van der Waals surface area contributed by atoms with E-state index in [-0.39, 0.29) is 11.4 Å². The van der Waals surface area contributed by atoms with Crippen LogP contribution in [0.4, 0.5) is 0 Å². The minimum absolute atomic E-state index is 0.111. The highest BCUT2D eigenvalue weighted by molar-refractivity contribution is 7.04. The van der Waals surface area contributed by atoms with Gasteiger partial charge in [0.05, 0.1) is 18.3 Å². The Morgan fingerprint density at radius 1 is 1.29 bits per heavy atom. The van der Waals surface area contributed by atoms with E-state index >= 15 is 0 Å². The maximum Gasteiger partial charge on any atom is 0.282 e. The number of carbonyl (C=O) groups excluding carboxylic acids is 1. The lowest BCUT2D eigenvalue weighted by Crippen LogP contribution is -2.19. The van der Waals surface area contributed by atoms with Crippen molar-refractivity contribution in [2.24, 2.45) is 4.99 Å². The molecule has 1 aromatic carbocycles. The first-order valence-electron chi connectivity index (χ1n) is 9.28. The fourth-order valence-electron chi connectivity index (χ4n) is 2.68. The smallest absolute Gasteiger partial charge is 0.282 e. The summed E-state index contributed by atoms with van der Waals surface area (Å²) >= 11 is 7.51. The molecule has 28 heavy (non-hydrogen) atoms. The number of carbonyl (C=O) groups is 1. The SMILES string of the molecule is COc1ccc(Cl)cc1C(=O)N=c1sn(C(C)(C)C)cc1CCCC(C)(C)O. The maximum atomic E-state index is 12.8. The summed E-state index contributed by atoms with van der Waals surface area (Å²) in [6.45, 7) is 9.92. The van der Waals surface area contributed by atoms with Gasteiger partial charge < -0.3 is 9.84 Å². The summed E-state index contributed by atoms with van der Waals surface area (Å²) in [5.41, 5.74) is 0.518. The Balaban J connectivity index is 2.43. The van der Waals surface area contributed by atoms with Gasteiger partial charge in [0.2, 0.25) is 0 Å². The first-order valence-corrected chi connectivity index (χ1v) is 10.4. The van der Waals surface area contributed by atoms with Crippen molar-refractivity contribution in [1.82, 2.24) is 3.96 Å². The summed E-state index contributed by atoms with van der Waals surface area (Å²) in [7, 11) is 1.51. The summed E-state index contributed by atoms with van der Waals surface area (Å²) in [5, 5.41) is 10.4. The van der Waals surface area contributed by atoms with Gasteiger partial charge in [-0.3, -0.25) is 8.75 Å². The number of nitrogens with zero attached hydrogens (tertiary/aromatic N) is 2. The average Bonchev–Trinajstić information content (AvgIpc) is 2.96. The van der Waals surface area contributed by atoms with E-state index in [1.54, 1.807) is 32.0 Å². The second-order valence-corrected chi connectivity index (χ2v) is 9.87. The molecule has 5 nitrogen and oxygen atoms in total. The van der Waals surface area contributed by atoms with Crippen molar-refractivity contribution in [3.05, 3.63) is 45.2 Å². The van der Waals surface area contributed by atoms with Gasteiger partial charge in [0.15, 0.2) is 0 Å². The molecular formula is C21H29ClN2O3S. The minimum Gasteiger partial charge on any atom is -0.496 e. The van der Waals surface area contributed by atoms with Crippen LogP contribution in [0.3, 0.4) is 0 Å². The monoisotopic (exact) mass is 424 g/mol. The average molecular weight is 425 g/mol. The third-order valence-corrected chi connectivity index (χ3v) is 5.83. The van der Waals surface area contributed by atoms with Crippen molar-refractivity contribution in [2.75, 3.05) is 7.11 Å². The largest absolute Gasteiger partial charge is 0.496 e. The number of hydrogen-bond donors (Lipinski definition) is 1. The van der Waals surface area contributed by atoms with Crippen molar-refractivity contribution in [3.8, 4) is 5.75 Å². The number of hydrogen-bond acceptors (Lipinski definition) is 4. The topological polar surface area (TPSA) is 63.8 Å². The van der Waals surface area contributed by atoms with Crippen LogP contribution in [0.1, 0.15) is 63.4 Å². The number of methoxy groups -OCH3 is 1. The molecule has 1 heterocycles. The standard InChI is InChI=1S/C21H29ClN2O3S/c1-20(2,3)24-13-14(8-7-11-21(4,5)26)19(28-24)23-18(25)16-12-15(22)9-10-17(16)27-6/h9-10,12-13,26H,7-8,11H2,1-6H3. The van der Waals surface area contributed by atoms with Gasteiger partial charge in [0.25, 0.3) is 5.91 Å². The number of benzene rings is 1. The fraction of sp³-hybridized carbons (Fsp3) is 0.524. The predicted molar refractivity (Wildman–Crippen MR) is 114 cm³/mol. The minimum atomic E-state index is -0.711. The second kappa shape index (κ2) is 8.80. The first kappa shape index (κ1) is 22.7. The highest BCUT2D eigenvalue weighted by Crippen LogP contribution is 2.24. The Hall–Kier alpha value is -1.63. The Labute approximate surface area is 175 Å². The number of aromatic nitrogens is 1. The van der Waals surface area contributed by atoms with E-state index in [1.807, 2.05) is 0 Å². The van der Waals surface area contributed by atoms with Gasteiger partial charge in [-0.25, -0.2) is 0 Å². The molecule has 0 aliphatic carbocycles. The van der Waals surface area contributed by atoms with Crippen molar-refractivity contribution >= 4 is 29.0 Å². The zero-order valence-electron chi connectivity index (χ0n) is 17.4. The van der Waals surface area contributed by atoms with Crippen LogP contribution in [0.15, 0.2) is 29.4 Å². The number of halogens is 1. The van der Waals surface area contributed by atoms with E-state index in [0.717, 1.165) is 18.4 Å². The normalized spacial score (nSPS) is 13.1. The molecule has 0 bridgehead atoms. The van der Waals surface area contributed by atoms with Gasteiger partial charge in [-0.2, -0.15) is 4.99 Å². The van der Waals surface area contributed by atoms with E-state index in [1.165, 1.54) is 18.6 Å². The lowest BCUT2D eigenvalue weighted by atomic mass is 10.00. The molecule has 7 heteroatoms. The van der Waals surface area contributed by atoms with E-state index < -0.39 is 5.60 Å². The molecule has 2 aromatic rings. The molecule has 0 spiro atoms. The lowest BCUT2D eigenvalue weighted by molar-refractivity contribution is 0.0689. The third-order valence-electron chi connectivity index (χ3n) is 4.22. The molecule has 1 amide bonds. The molecular weight excluding hydrogens is 396 g/mol.